The minimum Gasteiger partial charge on any atom is -0.463 e. The number of aryl methyl sites for hydroxylation is 1. The Kier molecular flexibility index (Phi) is 4.99. The molecule has 2 aliphatic heterocycles. The minimum atomic E-state index is 0.792. The van der Waals surface area contributed by atoms with Crippen molar-refractivity contribution < 1.29 is 4.42 Å². The van der Waals surface area contributed by atoms with Gasteiger partial charge in [-0.3, -0.25) is 9.80 Å². The Balaban J connectivity index is 1.54. The van der Waals surface area contributed by atoms with Gasteiger partial charge in [0, 0.05) is 25.7 Å². The Morgan fingerprint density at radius 3 is 3.10 bits per heavy atom. The summed E-state index contributed by atoms with van der Waals surface area (Å²) in [5.41, 5.74) is 1.29. The monoisotopic (exact) mass is 291 g/mol. The number of hydrogen-bond donors (Lipinski definition) is 1. The predicted octanol–water partition coefficient (Wildman–Crippen LogP) is 2.37. The topological polar surface area (TPSA) is 31.7 Å². The zero-order valence-electron chi connectivity index (χ0n) is 13.5. The molecule has 1 atom stereocenters. The van der Waals surface area contributed by atoms with E-state index in [1.807, 2.05) is 0 Å². The summed E-state index contributed by atoms with van der Waals surface area (Å²) in [6, 6.07) is 3.02. The van der Waals surface area contributed by atoms with Crippen LogP contribution in [0.3, 0.4) is 0 Å². The lowest BCUT2D eigenvalue weighted by molar-refractivity contribution is 0.0937. The van der Waals surface area contributed by atoms with Crippen molar-refractivity contribution >= 4 is 0 Å². The van der Waals surface area contributed by atoms with Gasteiger partial charge in [0.25, 0.3) is 0 Å². The van der Waals surface area contributed by atoms with Crippen molar-refractivity contribution in [2.45, 2.75) is 52.2 Å². The summed E-state index contributed by atoms with van der Waals surface area (Å²) in [5, 5.41) is 3.43. The van der Waals surface area contributed by atoms with Crippen molar-refractivity contribution in [3.63, 3.8) is 0 Å². The summed E-state index contributed by atoms with van der Waals surface area (Å²) >= 11 is 0. The molecule has 1 aromatic heterocycles. The quantitative estimate of drug-likeness (QED) is 0.816. The summed E-state index contributed by atoms with van der Waals surface area (Å²) in [4.78, 5) is 5.22. The maximum Gasteiger partial charge on any atom is 0.120 e. The van der Waals surface area contributed by atoms with Crippen molar-refractivity contribution in [1.82, 2.24) is 15.1 Å². The first-order valence-electron chi connectivity index (χ1n) is 8.51. The predicted molar refractivity (Wildman–Crippen MR) is 85.3 cm³/mol. The summed E-state index contributed by atoms with van der Waals surface area (Å²) in [6.07, 6.45) is 3.92. The van der Waals surface area contributed by atoms with Crippen molar-refractivity contribution in [2.24, 2.45) is 0 Å². The molecule has 2 saturated heterocycles. The van der Waals surface area contributed by atoms with Crippen LogP contribution in [0, 0.1) is 6.92 Å². The lowest BCUT2D eigenvalue weighted by Crippen LogP contribution is -2.49. The molecule has 0 amide bonds. The van der Waals surface area contributed by atoms with E-state index in [1.54, 1.807) is 0 Å². The number of hydrogen-bond acceptors (Lipinski definition) is 4. The van der Waals surface area contributed by atoms with E-state index in [0.717, 1.165) is 43.6 Å². The molecule has 118 valence electrons. The van der Waals surface area contributed by atoms with E-state index in [1.165, 1.54) is 44.6 Å². The van der Waals surface area contributed by atoms with Crippen molar-refractivity contribution in [1.29, 1.82) is 0 Å². The second-order valence-corrected chi connectivity index (χ2v) is 6.56. The van der Waals surface area contributed by atoms with Crippen LogP contribution in [0.5, 0.6) is 0 Å². The normalized spacial score (nSPS) is 23.6. The fraction of sp³-hybridized carbons (Fsp3) is 0.765. The van der Waals surface area contributed by atoms with Gasteiger partial charge < -0.3 is 9.73 Å². The molecule has 2 aliphatic rings. The van der Waals surface area contributed by atoms with E-state index in [9.17, 15) is 0 Å². The van der Waals surface area contributed by atoms with Gasteiger partial charge in [0.15, 0.2) is 0 Å². The zero-order chi connectivity index (χ0) is 14.7. The molecule has 3 rings (SSSR count). The molecule has 0 spiro atoms. The van der Waals surface area contributed by atoms with Gasteiger partial charge in [0.05, 0.1) is 13.1 Å². The first-order valence-corrected chi connectivity index (χ1v) is 8.51. The lowest BCUT2D eigenvalue weighted by Gasteiger charge is -2.37. The molecule has 0 radical (unpaired) electrons. The molecular weight excluding hydrogens is 262 g/mol. The van der Waals surface area contributed by atoms with Crippen molar-refractivity contribution in [3.05, 3.63) is 23.2 Å². The molecule has 0 aromatic carbocycles. The number of furan rings is 1. The average molecular weight is 291 g/mol. The maximum absolute atomic E-state index is 6.06. The number of nitrogens with zero attached hydrogens (tertiary/aromatic N) is 2. The van der Waals surface area contributed by atoms with Crippen LogP contribution < -0.4 is 5.32 Å². The van der Waals surface area contributed by atoms with Crippen LogP contribution in [0.1, 0.15) is 43.3 Å². The Bertz CT molecular complexity index is 457. The highest BCUT2D eigenvalue weighted by Crippen LogP contribution is 2.23. The van der Waals surface area contributed by atoms with Crippen molar-refractivity contribution in [3.8, 4) is 0 Å². The Labute approximate surface area is 128 Å². The standard InChI is InChI=1S/C17H29N3O/c1-3-6-18-11-17-14(2)10-16(21-17)13-19-8-9-20-7-4-5-15(20)12-19/h10,15,18H,3-9,11-13H2,1-2H3. The van der Waals surface area contributed by atoms with Crippen LogP contribution in [0.2, 0.25) is 0 Å². The summed E-state index contributed by atoms with van der Waals surface area (Å²) in [5.74, 6) is 2.24. The molecule has 1 N–H and O–H groups in total. The third-order valence-electron chi connectivity index (χ3n) is 4.83. The van der Waals surface area contributed by atoms with Gasteiger partial charge in [-0.2, -0.15) is 0 Å². The van der Waals surface area contributed by atoms with E-state index in [-0.39, 0.29) is 0 Å². The third kappa shape index (κ3) is 3.68. The zero-order valence-corrected chi connectivity index (χ0v) is 13.5. The molecule has 0 bridgehead atoms. The van der Waals surface area contributed by atoms with Gasteiger partial charge >= 0.3 is 0 Å². The minimum absolute atomic E-state index is 0.792. The second kappa shape index (κ2) is 6.95. The van der Waals surface area contributed by atoms with Crippen molar-refractivity contribution in [2.75, 3.05) is 32.7 Å². The Morgan fingerprint density at radius 1 is 1.33 bits per heavy atom. The Hall–Kier alpha value is -0.840. The van der Waals surface area contributed by atoms with E-state index >= 15 is 0 Å². The lowest BCUT2D eigenvalue weighted by atomic mass is 10.1. The van der Waals surface area contributed by atoms with Gasteiger partial charge in [-0.15, -0.1) is 0 Å². The van der Waals surface area contributed by atoms with E-state index in [2.05, 4.69) is 35.0 Å². The molecule has 2 fully saturated rings. The molecule has 3 heterocycles. The number of piperazine rings is 1. The highest BCUT2D eigenvalue weighted by molar-refractivity contribution is 5.20. The van der Waals surface area contributed by atoms with Gasteiger partial charge in [-0.05, 0) is 50.9 Å². The summed E-state index contributed by atoms with van der Waals surface area (Å²) < 4.78 is 6.06. The fourth-order valence-electron chi connectivity index (χ4n) is 3.64. The second-order valence-electron chi connectivity index (χ2n) is 6.56. The number of fused-ring (bicyclic) bond motifs is 1. The third-order valence-corrected chi connectivity index (χ3v) is 4.83. The average Bonchev–Trinajstić information content (AvgIpc) is 3.06. The molecule has 21 heavy (non-hydrogen) atoms. The SMILES string of the molecule is CCCNCc1oc(CN2CCN3CCCC3C2)cc1C. The smallest absolute Gasteiger partial charge is 0.120 e. The van der Waals surface area contributed by atoms with Crippen LogP contribution in [0.15, 0.2) is 10.5 Å². The van der Waals surface area contributed by atoms with Crippen LogP contribution in [-0.4, -0.2) is 48.6 Å². The highest BCUT2D eigenvalue weighted by atomic mass is 16.3. The van der Waals surface area contributed by atoms with Gasteiger partial charge in [0.2, 0.25) is 0 Å². The maximum atomic E-state index is 6.06. The fourth-order valence-corrected chi connectivity index (χ4v) is 3.64. The molecule has 0 saturated carbocycles. The largest absolute Gasteiger partial charge is 0.463 e. The molecule has 4 nitrogen and oxygen atoms in total. The molecule has 0 aliphatic carbocycles. The Morgan fingerprint density at radius 2 is 2.24 bits per heavy atom. The van der Waals surface area contributed by atoms with Gasteiger partial charge in [-0.25, -0.2) is 0 Å². The van der Waals surface area contributed by atoms with Gasteiger partial charge in [-0.1, -0.05) is 6.92 Å². The highest BCUT2D eigenvalue weighted by Gasteiger charge is 2.30. The summed E-state index contributed by atoms with van der Waals surface area (Å²) in [7, 11) is 0. The number of nitrogens with one attached hydrogen (secondary N) is 1. The molecule has 1 unspecified atom stereocenters. The first-order chi connectivity index (χ1) is 10.3. The number of rotatable bonds is 6. The van der Waals surface area contributed by atoms with E-state index < -0.39 is 0 Å². The van der Waals surface area contributed by atoms with Crippen LogP contribution >= 0.6 is 0 Å². The van der Waals surface area contributed by atoms with Gasteiger partial charge in [0.1, 0.15) is 11.5 Å². The van der Waals surface area contributed by atoms with E-state index in [4.69, 9.17) is 4.42 Å². The van der Waals surface area contributed by atoms with Crippen LogP contribution in [0.25, 0.3) is 0 Å². The summed E-state index contributed by atoms with van der Waals surface area (Å²) in [6.45, 7) is 12.2. The molecular formula is C17H29N3O. The molecule has 4 heteroatoms. The van der Waals surface area contributed by atoms with E-state index in [0.29, 0.717) is 0 Å². The molecule has 1 aromatic rings. The first kappa shape index (κ1) is 15.1. The van der Waals surface area contributed by atoms with Crippen LogP contribution in [0.4, 0.5) is 0 Å². The van der Waals surface area contributed by atoms with Crippen LogP contribution in [-0.2, 0) is 13.1 Å².